The number of nitrogens with zero attached hydrogens (tertiary/aromatic N) is 2. The first-order valence-electron chi connectivity index (χ1n) is 8.83. The van der Waals surface area contributed by atoms with Crippen LogP contribution in [0.25, 0.3) is 16.2 Å². The number of methoxy groups -OCH3 is 1. The highest BCUT2D eigenvalue weighted by molar-refractivity contribution is 7.15. The van der Waals surface area contributed by atoms with Crippen molar-refractivity contribution < 1.29 is 14.3 Å². The maximum atomic E-state index is 12.8. The Kier molecular flexibility index (Phi) is 5.01. The molecule has 0 aliphatic heterocycles. The second kappa shape index (κ2) is 7.76. The van der Waals surface area contributed by atoms with E-state index in [0.717, 1.165) is 22.0 Å². The van der Waals surface area contributed by atoms with E-state index in [4.69, 9.17) is 4.74 Å². The molecule has 0 aliphatic carbocycles. The zero-order chi connectivity index (χ0) is 20.4. The minimum Gasteiger partial charge on any atom is -0.497 e. The summed E-state index contributed by atoms with van der Waals surface area (Å²) in [5, 5.41) is 7.34. The molecule has 4 aromatic rings. The maximum Gasteiger partial charge on any atom is 0.273 e. The van der Waals surface area contributed by atoms with Gasteiger partial charge in [0.1, 0.15) is 11.4 Å². The molecule has 2 amide bonds. The third-order valence-corrected chi connectivity index (χ3v) is 5.11. The van der Waals surface area contributed by atoms with E-state index in [1.165, 1.54) is 18.3 Å². The predicted molar refractivity (Wildman–Crippen MR) is 114 cm³/mol. The number of fused-ring (bicyclic) bond motifs is 1. The molecule has 0 unspecified atom stereocenters. The van der Waals surface area contributed by atoms with Gasteiger partial charge in [0.25, 0.3) is 5.91 Å². The third-order valence-electron chi connectivity index (χ3n) is 4.27. The van der Waals surface area contributed by atoms with Crippen LogP contribution in [0.3, 0.4) is 0 Å². The van der Waals surface area contributed by atoms with Crippen molar-refractivity contribution in [1.29, 1.82) is 0 Å². The van der Waals surface area contributed by atoms with Crippen molar-refractivity contribution in [2.75, 3.05) is 17.7 Å². The molecule has 29 heavy (non-hydrogen) atoms. The first-order chi connectivity index (χ1) is 14.0. The lowest BCUT2D eigenvalue weighted by molar-refractivity contribution is -0.114. The van der Waals surface area contributed by atoms with Gasteiger partial charge in [0, 0.05) is 35.4 Å². The number of hydrogen-bond donors (Lipinski definition) is 2. The molecule has 2 N–H and O–H groups in total. The van der Waals surface area contributed by atoms with Crippen LogP contribution in [0.2, 0.25) is 0 Å². The molecule has 7 nitrogen and oxygen atoms in total. The Balaban J connectivity index is 1.56. The van der Waals surface area contributed by atoms with Gasteiger partial charge in [0.05, 0.1) is 12.8 Å². The summed E-state index contributed by atoms with van der Waals surface area (Å²) in [6.07, 6.45) is 1.84. The number of carbonyl (C=O) groups is 2. The number of hydrogen-bond acceptors (Lipinski definition) is 5. The van der Waals surface area contributed by atoms with Crippen LogP contribution in [-0.4, -0.2) is 28.3 Å². The van der Waals surface area contributed by atoms with E-state index >= 15 is 0 Å². The lowest BCUT2D eigenvalue weighted by Gasteiger charge is -2.06. The number of rotatable bonds is 5. The zero-order valence-corrected chi connectivity index (χ0v) is 16.6. The van der Waals surface area contributed by atoms with Crippen LogP contribution >= 0.6 is 11.3 Å². The fourth-order valence-electron chi connectivity index (χ4n) is 2.90. The minimum absolute atomic E-state index is 0.144. The van der Waals surface area contributed by atoms with E-state index in [9.17, 15) is 9.59 Å². The molecule has 2 aromatic carbocycles. The molecule has 0 atom stereocenters. The summed E-state index contributed by atoms with van der Waals surface area (Å²) in [6, 6.07) is 14.6. The van der Waals surface area contributed by atoms with Crippen LogP contribution < -0.4 is 15.4 Å². The average molecular weight is 406 g/mol. The van der Waals surface area contributed by atoms with E-state index in [-0.39, 0.29) is 11.8 Å². The molecule has 0 spiro atoms. The topological polar surface area (TPSA) is 84.7 Å². The number of ether oxygens (including phenoxy) is 1. The molecular formula is C21H18N4O3S. The van der Waals surface area contributed by atoms with Crippen molar-refractivity contribution in [1.82, 2.24) is 9.38 Å². The summed E-state index contributed by atoms with van der Waals surface area (Å²) in [7, 11) is 1.62. The van der Waals surface area contributed by atoms with Gasteiger partial charge in [0.15, 0.2) is 4.96 Å². The van der Waals surface area contributed by atoms with Crippen LogP contribution in [0.5, 0.6) is 5.75 Å². The fraction of sp³-hybridized carbons (Fsp3) is 0.0952. The van der Waals surface area contributed by atoms with Gasteiger partial charge in [-0.1, -0.05) is 12.1 Å². The summed E-state index contributed by atoms with van der Waals surface area (Å²) in [5.41, 5.74) is 3.49. The number of carbonyl (C=O) groups excluding carboxylic acids is 2. The van der Waals surface area contributed by atoms with Crippen molar-refractivity contribution in [2.24, 2.45) is 0 Å². The highest BCUT2D eigenvalue weighted by atomic mass is 32.1. The molecule has 146 valence electrons. The van der Waals surface area contributed by atoms with E-state index < -0.39 is 0 Å². The summed E-state index contributed by atoms with van der Waals surface area (Å²) in [4.78, 5) is 29.2. The smallest absolute Gasteiger partial charge is 0.273 e. The second-order valence-electron chi connectivity index (χ2n) is 6.34. The number of imidazole rings is 1. The summed E-state index contributed by atoms with van der Waals surface area (Å²) in [5.74, 6) is 0.368. The van der Waals surface area contributed by atoms with Crippen LogP contribution in [0.4, 0.5) is 11.4 Å². The monoisotopic (exact) mass is 406 g/mol. The summed E-state index contributed by atoms with van der Waals surface area (Å²) >= 11 is 1.40. The molecule has 2 heterocycles. The Morgan fingerprint density at radius 2 is 1.79 bits per heavy atom. The quantitative estimate of drug-likeness (QED) is 0.518. The van der Waals surface area contributed by atoms with Crippen LogP contribution in [0.1, 0.15) is 17.4 Å². The van der Waals surface area contributed by atoms with Gasteiger partial charge in [-0.25, -0.2) is 4.98 Å². The molecule has 0 radical (unpaired) electrons. The van der Waals surface area contributed by atoms with Gasteiger partial charge in [0.2, 0.25) is 5.91 Å². The molecule has 0 bridgehead atoms. The largest absolute Gasteiger partial charge is 0.497 e. The number of benzene rings is 2. The minimum atomic E-state index is -0.238. The first kappa shape index (κ1) is 18.7. The Bertz CT molecular complexity index is 1190. The van der Waals surface area contributed by atoms with Gasteiger partial charge in [-0.3, -0.25) is 14.0 Å². The first-order valence-corrected chi connectivity index (χ1v) is 9.71. The van der Waals surface area contributed by atoms with E-state index in [0.29, 0.717) is 17.1 Å². The molecule has 0 saturated carbocycles. The highest BCUT2D eigenvalue weighted by Gasteiger charge is 2.16. The van der Waals surface area contributed by atoms with Gasteiger partial charge in [-0.05, 0) is 36.4 Å². The standard InChI is InChI=1S/C21H18N4O3S/c1-13(26)22-15-6-8-16(9-7-15)23-20(27)19-12-29-21-24-18(11-25(19)21)14-4-3-5-17(10-14)28-2/h3-12H,1-2H3,(H,22,26)(H,23,27). The van der Waals surface area contributed by atoms with Crippen molar-refractivity contribution in [3.63, 3.8) is 0 Å². The third kappa shape index (κ3) is 3.97. The molecule has 4 rings (SSSR count). The average Bonchev–Trinajstić information content (AvgIpc) is 3.30. The maximum absolute atomic E-state index is 12.8. The Labute approximate surface area is 171 Å². The lowest BCUT2D eigenvalue weighted by Crippen LogP contribution is -2.14. The summed E-state index contributed by atoms with van der Waals surface area (Å²) < 4.78 is 7.05. The Morgan fingerprint density at radius 3 is 2.48 bits per heavy atom. The van der Waals surface area contributed by atoms with Crippen molar-refractivity contribution in [3.05, 3.63) is 65.8 Å². The molecule has 0 aliphatic rings. The molecule has 0 fully saturated rings. The zero-order valence-electron chi connectivity index (χ0n) is 15.8. The number of anilines is 2. The van der Waals surface area contributed by atoms with Crippen LogP contribution in [0.15, 0.2) is 60.1 Å². The Morgan fingerprint density at radius 1 is 1.07 bits per heavy atom. The van der Waals surface area contributed by atoms with Crippen molar-refractivity contribution in [3.8, 4) is 17.0 Å². The van der Waals surface area contributed by atoms with Gasteiger partial charge >= 0.3 is 0 Å². The lowest BCUT2D eigenvalue weighted by atomic mass is 10.1. The molecule has 0 saturated heterocycles. The van der Waals surface area contributed by atoms with E-state index in [1.54, 1.807) is 41.2 Å². The predicted octanol–water partition coefficient (Wildman–Crippen LogP) is 4.28. The normalized spacial score (nSPS) is 10.7. The van der Waals surface area contributed by atoms with Crippen LogP contribution in [-0.2, 0) is 4.79 Å². The van der Waals surface area contributed by atoms with E-state index in [1.807, 2.05) is 30.5 Å². The second-order valence-corrected chi connectivity index (χ2v) is 7.18. The van der Waals surface area contributed by atoms with Crippen molar-refractivity contribution >= 4 is 39.5 Å². The van der Waals surface area contributed by atoms with Gasteiger partial charge < -0.3 is 15.4 Å². The SMILES string of the molecule is COc1cccc(-c2cn3c(C(=O)Nc4ccc(NC(C)=O)cc4)csc3n2)c1. The van der Waals surface area contributed by atoms with Gasteiger partial charge in [-0.2, -0.15) is 0 Å². The number of nitrogens with one attached hydrogen (secondary N) is 2. The summed E-state index contributed by atoms with van der Waals surface area (Å²) in [6.45, 7) is 1.45. The number of amides is 2. The van der Waals surface area contributed by atoms with Gasteiger partial charge in [-0.15, -0.1) is 11.3 Å². The molecule has 8 heteroatoms. The highest BCUT2D eigenvalue weighted by Crippen LogP contribution is 2.26. The fourth-order valence-corrected chi connectivity index (χ4v) is 3.76. The van der Waals surface area contributed by atoms with Crippen molar-refractivity contribution in [2.45, 2.75) is 6.92 Å². The number of aromatic nitrogens is 2. The van der Waals surface area contributed by atoms with Crippen LogP contribution in [0, 0.1) is 0 Å². The van der Waals surface area contributed by atoms with E-state index in [2.05, 4.69) is 15.6 Å². The Hall–Kier alpha value is -3.65. The molecule has 2 aromatic heterocycles. The molecular weight excluding hydrogens is 388 g/mol. The number of thiazole rings is 1.